The summed E-state index contributed by atoms with van der Waals surface area (Å²) in [6.45, 7) is 4.98. The van der Waals surface area contributed by atoms with Gasteiger partial charge >= 0.3 is 5.97 Å². The minimum Gasteiger partial charge on any atom is -0.497 e. The molecule has 2 atom stereocenters. The normalized spacial score (nSPS) is 12.8. The molecule has 0 saturated carbocycles. The first-order chi connectivity index (χ1) is 13.3. The fraction of sp³-hybridized carbons (Fsp3) is 0.350. The van der Waals surface area contributed by atoms with Gasteiger partial charge in [0.2, 0.25) is 0 Å². The van der Waals surface area contributed by atoms with Gasteiger partial charge in [0, 0.05) is 5.69 Å². The third-order valence-corrected chi connectivity index (χ3v) is 3.97. The molecule has 0 aliphatic rings. The van der Waals surface area contributed by atoms with E-state index < -0.39 is 29.9 Å². The van der Waals surface area contributed by atoms with Crippen LogP contribution in [-0.2, 0) is 14.3 Å². The topological polar surface area (TPSA) is 107 Å². The van der Waals surface area contributed by atoms with E-state index in [1.165, 1.54) is 19.3 Å². The third kappa shape index (κ3) is 5.60. The number of anilines is 1. The van der Waals surface area contributed by atoms with Crippen molar-refractivity contribution in [3.63, 3.8) is 0 Å². The summed E-state index contributed by atoms with van der Waals surface area (Å²) in [5.74, 6) is -1.22. The molecule has 2 aromatic rings. The summed E-state index contributed by atoms with van der Waals surface area (Å²) in [7, 11) is 1.55. The van der Waals surface area contributed by atoms with Gasteiger partial charge in [0.1, 0.15) is 11.8 Å². The summed E-state index contributed by atoms with van der Waals surface area (Å²) in [4.78, 5) is 36.9. The highest BCUT2D eigenvalue weighted by atomic mass is 16.5. The Bertz CT molecular complexity index is 799. The molecule has 0 saturated heterocycles. The van der Waals surface area contributed by atoms with E-state index in [1.807, 2.05) is 0 Å². The molecule has 1 aromatic heterocycles. The fourth-order valence-electron chi connectivity index (χ4n) is 2.34. The Morgan fingerprint density at radius 2 is 1.71 bits per heavy atom. The minimum atomic E-state index is -1.05. The van der Waals surface area contributed by atoms with Crippen LogP contribution >= 0.6 is 0 Å². The molecule has 28 heavy (non-hydrogen) atoms. The number of benzene rings is 1. The fourth-order valence-corrected chi connectivity index (χ4v) is 2.34. The smallest absolute Gasteiger partial charge is 0.329 e. The predicted molar refractivity (Wildman–Crippen MR) is 102 cm³/mol. The molecule has 150 valence electrons. The zero-order valence-electron chi connectivity index (χ0n) is 16.2. The van der Waals surface area contributed by atoms with Crippen molar-refractivity contribution in [1.29, 1.82) is 0 Å². The number of carbonyl (C=O) groups excluding carboxylic acids is 3. The standard InChI is InChI=1S/C20H24N2O6/c1-12(2)17(22-19(24)16-6-5-11-27-16)20(25)28-13(3)18(23)21-14-7-9-15(26-4)10-8-14/h5-13,17H,1-4H3,(H,21,23)(H,22,24)/t13-,17+/m1/s1. The van der Waals surface area contributed by atoms with Crippen molar-refractivity contribution in [2.75, 3.05) is 12.4 Å². The number of hydrogen-bond acceptors (Lipinski definition) is 6. The average Bonchev–Trinajstić information content (AvgIpc) is 3.21. The van der Waals surface area contributed by atoms with Crippen molar-refractivity contribution in [3.8, 4) is 5.75 Å². The molecule has 0 bridgehead atoms. The number of methoxy groups -OCH3 is 1. The molecular formula is C20H24N2O6. The van der Waals surface area contributed by atoms with Crippen LogP contribution in [0.1, 0.15) is 31.3 Å². The zero-order valence-corrected chi connectivity index (χ0v) is 16.2. The Morgan fingerprint density at radius 3 is 2.25 bits per heavy atom. The number of nitrogens with one attached hydrogen (secondary N) is 2. The summed E-state index contributed by atoms with van der Waals surface area (Å²) < 4.78 is 15.3. The Labute approximate surface area is 163 Å². The van der Waals surface area contributed by atoms with E-state index in [0.29, 0.717) is 11.4 Å². The van der Waals surface area contributed by atoms with E-state index in [4.69, 9.17) is 13.9 Å². The second kappa shape index (κ2) is 9.59. The number of ether oxygens (including phenoxy) is 2. The summed E-state index contributed by atoms with van der Waals surface area (Å²) >= 11 is 0. The molecule has 1 aromatic carbocycles. The molecule has 0 unspecified atom stereocenters. The van der Waals surface area contributed by atoms with Gasteiger partial charge in [-0.1, -0.05) is 13.8 Å². The maximum Gasteiger partial charge on any atom is 0.329 e. The molecule has 0 radical (unpaired) electrons. The van der Waals surface area contributed by atoms with Gasteiger partial charge in [0.25, 0.3) is 11.8 Å². The summed E-state index contributed by atoms with van der Waals surface area (Å²) in [5.41, 5.74) is 0.542. The third-order valence-electron chi connectivity index (χ3n) is 3.97. The van der Waals surface area contributed by atoms with Crippen LogP contribution in [0.2, 0.25) is 0 Å². The Balaban J connectivity index is 1.95. The van der Waals surface area contributed by atoms with Crippen molar-refractivity contribution in [2.24, 2.45) is 5.92 Å². The lowest BCUT2D eigenvalue weighted by Crippen LogP contribution is -2.47. The SMILES string of the molecule is COc1ccc(NC(=O)[C@@H](C)OC(=O)[C@@H](NC(=O)c2ccco2)C(C)C)cc1. The number of amides is 2. The quantitative estimate of drug-likeness (QED) is 0.673. The first-order valence-electron chi connectivity index (χ1n) is 8.81. The van der Waals surface area contributed by atoms with Crippen molar-refractivity contribution in [2.45, 2.75) is 32.9 Å². The maximum absolute atomic E-state index is 12.5. The van der Waals surface area contributed by atoms with Crippen LogP contribution in [0.25, 0.3) is 0 Å². The largest absolute Gasteiger partial charge is 0.497 e. The maximum atomic E-state index is 12.5. The van der Waals surface area contributed by atoms with E-state index in [0.717, 1.165) is 0 Å². The second-order valence-corrected chi connectivity index (χ2v) is 6.47. The highest BCUT2D eigenvalue weighted by Crippen LogP contribution is 2.16. The summed E-state index contributed by atoms with van der Waals surface area (Å²) in [6, 6.07) is 8.88. The molecule has 8 heteroatoms. The lowest BCUT2D eigenvalue weighted by atomic mass is 10.0. The van der Waals surface area contributed by atoms with Crippen LogP contribution in [0, 0.1) is 5.92 Å². The van der Waals surface area contributed by atoms with Gasteiger partial charge in [-0.05, 0) is 49.2 Å². The molecule has 2 rings (SSSR count). The Morgan fingerprint density at radius 1 is 1.04 bits per heavy atom. The number of furan rings is 1. The lowest BCUT2D eigenvalue weighted by Gasteiger charge is -2.22. The first kappa shape index (κ1) is 21.0. The van der Waals surface area contributed by atoms with Gasteiger partial charge in [-0.3, -0.25) is 9.59 Å². The van der Waals surface area contributed by atoms with Gasteiger partial charge in [-0.2, -0.15) is 0 Å². The van der Waals surface area contributed by atoms with Crippen molar-refractivity contribution in [1.82, 2.24) is 5.32 Å². The molecule has 0 aliphatic carbocycles. The second-order valence-electron chi connectivity index (χ2n) is 6.47. The molecule has 2 amide bonds. The number of hydrogen-bond donors (Lipinski definition) is 2. The highest BCUT2D eigenvalue weighted by Gasteiger charge is 2.29. The van der Waals surface area contributed by atoms with Gasteiger partial charge in [0.05, 0.1) is 13.4 Å². The van der Waals surface area contributed by atoms with Crippen LogP contribution in [0.4, 0.5) is 5.69 Å². The van der Waals surface area contributed by atoms with Crippen molar-refractivity contribution >= 4 is 23.5 Å². The van der Waals surface area contributed by atoms with Gasteiger partial charge in [-0.15, -0.1) is 0 Å². The summed E-state index contributed by atoms with van der Waals surface area (Å²) in [6.07, 6.45) is 0.319. The van der Waals surface area contributed by atoms with Crippen LogP contribution in [0.15, 0.2) is 47.1 Å². The molecule has 2 N–H and O–H groups in total. The molecule has 0 spiro atoms. The number of rotatable bonds is 8. The van der Waals surface area contributed by atoms with Crippen LogP contribution < -0.4 is 15.4 Å². The molecule has 0 fully saturated rings. The molecule has 0 aliphatic heterocycles. The predicted octanol–water partition coefficient (Wildman–Crippen LogP) is 2.61. The molecule has 8 nitrogen and oxygen atoms in total. The zero-order chi connectivity index (χ0) is 20.7. The average molecular weight is 388 g/mol. The lowest BCUT2D eigenvalue weighted by molar-refractivity contribution is -0.156. The number of esters is 1. The van der Waals surface area contributed by atoms with E-state index in [1.54, 1.807) is 51.3 Å². The van der Waals surface area contributed by atoms with E-state index in [-0.39, 0.29) is 11.7 Å². The minimum absolute atomic E-state index is 0.0868. The Hall–Kier alpha value is -3.29. The van der Waals surface area contributed by atoms with Crippen molar-refractivity contribution in [3.05, 3.63) is 48.4 Å². The van der Waals surface area contributed by atoms with Crippen LogP contribution in [0.3, 0.4) is 0 Å². The molecule has 1 heterocycles. The highest BCUT2D eigenvalue weighted by molar-refractivity contribution is 5.97. The van der Waals surface area contributed by atoms with Crippen LogP contribution in [-0.4, -0.2) is 37.0 Å². The van der Waals surface area contributed by atoms with E-state index in [9.17, 15) is 14.4 Å². The van der Waals surface area contributed by atoms with Gasteiger partial charge < -0.3 is 24.5 Å². The Kier molecular flexibility index (Phi) is 7.20. The summed E-state index contributed by atoms with van der Waals surface area (Å²) in [5, 5.41) is 5.23. The van der Waals surface area contributed by atoms with Crippen LogP contribution in [0.5, 0.6) is 5.75 Å². The van der Waals surface area contributed by atoms with E-state index >= 15 is 0 Å². The van der Waals surface area contributed by atoms with Crippen molar-refractivity contribution < 1.29 is 28.3 Å². The molecular weight excluding hydrogens is 364 g/mol. The monoisotopic (exact) mass is 388 g/mol. The first-order valence-corrected chi connectivity index (χ1v) is 8.81. The number of carbonyl (C=O) groups is 3. The van der Waals surface area contributed by atoms with E-state index in [2.05, 4.69) is 10.6 Å². The van der Waals surface area contributed by atoms with Gasteiger partial charge in [0.15, 0.2) is 11.9 Å². The van der Waals surface area contributed by atoms with Gasteiger partial charge in [-0.25, -0.2) is 4.79 Å².